The maximum atomic E-state index is 11.9. The number of phosphoric acid groups is 2. The molecule has 0 aromatic heterocycles. The van der Waals surface area contributed by atoms with E-state index in [9.17, 15) is 33.7 Å². The van der Waals surface area contributed by atoms with Crippen molar-refractivity contribution in [3.05, 3.63) is 12.2 Å². The van der Waals surface area contributed by atoms with E-state index in [0.717, 1.165) is 0 Å². The molecule has 0 aliphatic heterocycles. The number of rotatable bonds is 12. The van der Waals surface area contributed by atoms with Crippen LogP contribution in [0.1, 0.15) is 0 Å². The lowest BCUT2D eigenvalue weighted by Gasteiger charge is -2.25. The number of ketones is 1. The van der Waals surface area contributed by atoms with Crippen molar-refractivity contribution < 1.29 is 72.2 Å². The molecular formula is C10H16O15P2. The molecular weight excluding hydrogens is 422 g/mol. The molecule has 0 heterocycles. The lowest BCUT2D eigenvalue weighted by molar-refractivity contribution is -0.165. The minimum Gasteiger partial charge on any atom is -0.478 e. The minimum atomic E-state index is -5.13. The van der Waals surface area contributed by atoms with Crippen LogP contribution in [-0.2, 0) is 37.3 Å². The lowest BCUT2D eigenvalue weighted by Crippen LogP contribution is -2.47. The van der Waals surface area contributed by atoms with Crippen LogP contribution in [0.4, 0.5) is 0 Å². The van der Waals surface area contributed by atoms with Crippen molar-refractivity contribution in [3.8, 4) is 0 Å². The first-order chi connectivity index (χ1) is 12.1. The Morgan fingerprint density at radius 1 is 0.926 bits per heavy atom. The van der Waals surface area contributed by atoms with Crippen molar-refractivity contribution in [3.63, 3.8) is 0 Å². The van der Waals surface area contributed by atoms with Gasteiger partial charge in [-0.3, -0.25) is 13.8 Å². The summed E-state index contributed by atoms with van der Waals surface area (Å²) in [5.74, 6) is -4.55. The fourth-order valence-electron chi connectivity index (χ4n) is 1.33. The molecule has 0 saturated carbocycles. The summed E-state index contributed by atoms with van der Waals surface area (Å²) in [5.41, 5.74) is 0. The van der Waals surface area contributed by atoms with Crippen LogP contribution in [0.5, 0.6) is 0 Å². The summed E-state index contributed by atoms with van der Waals surface area (Å²) in [5, 5.41) is 27.8. The molecule has 0 aliphatic rings. The van der Waals surface area contributed by atoms with Crippen molar-refractivity contribution in [1.29, 1.82) is 0 Å². The zero-order valence-corrected chi connectivity index (χ0v) is 14.9. The van der Waals surface area contributed by atoms with Crippen LogP contribution in [0.3, 0.4) is 0 Å². The van der Waals surface area contributed by atoms with Crippen LogP contribution in [0.25, 0.3) is 0 Å². The molecule has 0 saturated heterocycles. The molecule has 7 N–H and O–H groups in total. The molecule has 3 atom stereocenters. The number of Topliss-reactive ketones (excluding diaryl/α,β-unsaturated/α-hetero) is 1. The smallest absolute Gasteiger partial charge is 0.470 e. The van der Waals surface area contributed by atoms with E-state index >= 15 is 0 Å². The number of carboxylic acids is 1. The Morgan fingerprint density at radius 2 is 1.44 bits per heavy atom. The van der Waals surface area contributed by atoms with Crippen molar-refractivity contribution in [2.45, 2.75) is 18.3 Å². The van der Waals surface area contributed by atoms with Crippen LogP contribution in [0.15, 0.2) is 12.2 Å². The highest BCUT2D eigenvalue weighted by molar-refractivity contribution is 7.46. The standard InChI is InChI=1S/C10H16O15P2/c11-5(3-23-26(17,18)19)9(16)10(6(12)4-24-27(20,21)22)25-8(15)2-1-7(13)14/h1-2,5,9-11,16H,3-4H2,(H,13,14)(H2,17,18,19)(H2,20,21,22)/b2-1+/t5-,9-,10-/m1/s1. The fourth-order valence-corrected chi connectivity index (χ4v) is 1.98. The lowest BCUT2D eigenvalue weighted by atomic mass is 10.0. The molecule has 0 aromatic rings. The quantitative estimate of drug-likeness (QED) is 0.0913. The number of hydrogen-bond acceptors (Lipinski definition) is 10. The Hall–Kier alpha value is -1.51. The second-order valence-corrected chi connectivity index (χ2v) is 7.08. The topological polar surface area (TPSA) is 255 Å². The summed E-state index contributed by atoms with van der Waals surface area (Å²) >= 11 is 0. The van der Waals surface area contributed by atoms with Gasteiger partial charge in [-0.05, 0) is 0 Å². The molecule has 0 aliphatic carbocycles. The zero-order valence-electron chi connectivity index (χ0n) is 13.1. The third kappa shape index (κ3) is 12.5. The van der Waals surface area contributed by atoms with Crippen molar-refractivity contribution >= 4 is 33.4 Å². The monoisotopic (exact) mass is 438 g/mol. The minimum absolute atomic E-state index is 0.301. The van der Waals surface area contributed by atoms with E-state index < -0.39 is 64.9 Å². The second kappa shape index (κ2) is 10.7. The van der Waals surface area contributed by atoms with Crippen LogP contribution in [-0.4, -0.2) is 84.1 Å². The maximum absolute atomic E-state index is 11.9. The largest absolute Gasteiger partial charge is 0.478 e. The molecule has 0 unspecified atom stereocenters. The summed E-state index contributed by atoms with van der Waals surface area (Å²) < 4.78 is 33.3. The van der Waals surface area contributed by atoms with Gasteiger partial charge in [-0.25, -0.2) is 18.7 Å². The number of hydrogen-bond donors (Lipinski definition) is 7. The molecule has 0 fully saturated rings. The van der Waals surface area contributed by atoms with E-state index in [0.29, 0.717) is 12.2 Å². The molecule has 156 valence electrons. The van der Waals surface area contributed by atoms with Crippen LogP contribution in [0.2, 0.25) is 0 Å². The van der Waals surface area contributed by atoms with Crippen molar-refractivity contribution in [2.24, 2.45) is 0 Å². The Kier molecular flexibility index (Phi) is 10.1. The Balaban J connectivity index is 5.27. The summed E-state index contributed by atoms with van der Waals surface area (Å²) in [7, 11) is -10.2. The summed E-state index contributed by atoms with van der Waals surface area (Å²) in [6.45, 7) is -2.62. The van der Waals surface area contributed by atoms with Gasteiger partial charge in [-0.2, -0.15) is 0 Å². The summed E-state index contributed by atoms with van der Waals surface area (Å²) in [4.78, 5) is 67.7. The van der Waals surface area contributed by atoms with Gasteiger partial charge in [-0.15, -0.1) is 0 Å². The first kappa shape index (κ1) is 25.5. The van der Waals surface area contributed by atoms with Crippen molar-refractivity contribution in [2.75, 3.05) is 13.2 Å². The molecule has 0 bridgehead atoms. The molecule has 17 heteroatoms. The van der Waals surface area contributed by atoms with E-state index in [1.54, 1.807) is 0 Å². The average molecular weight is 438 g/mol. The predicted octanol–water partition coefficient (Wildman–Crippen LogP) is -2.95. The van der Waals surface area contributed by atoms with E-state index in [1.165, 1.54) is 0 Å². The Morgan fingerprint density at radius 3 is 1.89 bits per heavy atom. The number of carbonyl (C=O) groups excluding carboxylic acids is 2. The van der Waals surface area contributed by atoms with Gasteiger partial charge in [-0.1, -0.05) is 0 Å². The molecule has 27 heavy (non-hydrogen) atoms. The van der Waals surface area contributed by atoms with Crippen LogP contribution >= 0.6 is 15.6 Å². The van der Waals surface area contributed by atoms with Gasteiger partial charge < -0.3 is 39.6 Å². The number of aliphatic carboxylic acids is 1. The number of esters is 1. The second-order valence-electron chi connectivity index (χ2n) is 4.60. The number of aliphatic hydroxyl groups excluding tert-OH is 2. The molecule has 0 spiro atoms. The Bertz CT molecular complexity index is 660. The van der Waals surface area contributed by atoms with Gasteiger partial charge in [0.2, 0.25) is 5.78 Å². The summed E-state index contributed by atoms with van der Waals surface area (Å²) in [6, 6.07) is 0. The highest BCUT2D eigenvalue weighted by atomic mass is 31.2. The van der Waals surface area contributed by atoms with E-state index in [1.807, 2.05) is 0 Å². The first-order valence-electron chi connectivity index (χ1n) is 6.53. The predicted molar refractivity (Wildman–Crippen MR) is 79.7 cm³/mol. The number of ether oxygens (including phenoxy) is 1. The average Bonchev–Trinajstić information content (AvgIpc) is 2.51. The van der Waals surface area contributed by atoms with Gasteiger partial charge in [0.25, 0.3) is 0 Å². The van der Waals surface area contributed by atoms with E-state index in [-0.39, 0.29) is 0 Å². The van der Waals surface area contributed by atoms with Gasteiger partial charge in [0.05, 0.1) is 6.61 Å². The van der Waals surface area contributed by atoms with E-state index in [4.69, 9.17) is 24.7 Å². The molecule has 0 amide bonds. The molecule has 0 rings (SSSR count). The van der Waals surface area contributed by atoms with Gasteiger partial charge >= 0.3 is 27.6 Å². The summed E-state index contributed by atoms with van der Waals surface area (Å²) in [6.07, 6.45) is -6.32. The van der Waals surface area contributed by atoms with Gasteiger partial charge in [0.15, 0.2) is 6.10 Å². The normalized spacial score (nSPS) is 15.9. The number of phosphoric ester groups is 2. The maximum Gasteiger partial charge on any atom is 0.470 e. The third-order valence-electron chi connectivity index (χ3n) is 2.42. The highest BCUT2D eigenvalue weighted by Crippen LogP contribution is 2.36. The van der Waals surface area contributed by atoms with Crippen molar-refractivity contribution in [1.82, 2.24) is 0 Å². The zero-order chi connectivity index (χ0) is 21.4. The van der Waals surface area contributed by atoms with Gasteiger partial charge in [0, 0.05) is 12.2 Å². The number of carbonyl (C=O) groups is 3. The van der Waals surface area contributed by atoms with Crippen LogP contribution < -0.4 is 0 Å². The number of carboxylic acid groups (broad SMARTS) is 1. The molecule has 0 aromatic carbocycles. The van der Waals surface area contributed by atoms with E-state index in [2.05, 4.69) is 13.8 Å². The SMILES string of the molecule is O=C(O)/C=C/C(=O)O[C@H](C(=O)COP(=O)(O)O)[C@H](O)[C@H](O)COP(=O)(O)O. The highest BCUT2D eigenvalue weighted by Gasteiger charge is 2.37. The molecule has 0 radical (unpaired) electrons. The van der Waals surface area contributed by atoms with Gasteiger partial charge in [0.1, 0.15) is 18.8 Å². The number of aliphatic hydroxyl groups is 2. The van der Waals surface area contributed by atoms with Crippen LogP contribution in [0, 0.1) is 0 Å². The Labute approximate surface area is 150 Å². The fraction of sp³-hybridized carbons (Fsp3) is 0.500. The third-order valence-corrected chi connectivity index (χ3v) is 3.37. The molecule has 15 nitrogen and oxygen atoms in total. The first-order valence-corrected chi connectivity index (χ1v) is 9.59.